The Morgan fingerprint density at radius 3 is 2.88 bits per heavy atom. The highest BCUT2D eigenvalue weighted by molar-refractivity contribution is 6.30. The normalized spacial score (nSPS) is 24.2. The first-order valence-electron chi connectivity index (χ1n) is 6.30. The van der Waals surface area contributed by atoms with Gasteiger partial charge in [-0.05, 0) is 56.3 Å². The highest BCUT2D eigenvalue weighted by atomic mass is 35.5. The number of halogens is 2. The van der Waals surface area contributed by atoms with Crippen molar-refractivity contribution in [1.82, 2.24) is 5.32 Å². The molecular formula is C14H19ClFN. The predicted molar refractivity (Wildman–Crippen MR) is 69.9 cm³/mol. The van der Waals surface area contributed by atoms with E-state index in [9.17, 15) is 4.39 Å². The van der Waals surface area contributed by atoms with Crippen LogP contribution in [0.25, 0.3) is 0 Å². The van der Waals surface area contributed by atoms with Crippen LogP contribution in [-0.4, -0.2) is 13.6 Å². The lowest BCUT2D eigenvalue weighted by molar-refractivity contribution is 0.370. The van der Waals surface area contributed by atoms with Crippen molar-refractivity contribution >= 4 is 11.6 Å². The van der Waals surface area contributed by atoms with Gasteiger partial charge in [-0.1, -0.05) is 30.2 Å². The van der Waals surface area contributed by atoms with Crippen LogP contribution in [0.3, 0.4) is 0 Å². The number of benzene rings is 1. The first kappa shape index (κ1) is 12.8. The van der Waals surface area contributed by atoms with Gasteiger partial charge >= 0.3 is 0 Å². The van der Waals surface area contributed by atoms with Gasteiger partial charge in [-0.25, -0.2) is 4.39 Å². The van der Waals surface area contributed by atoms with E-state index in [0.717, 1.165) is 18.5 Å². The van der Waals surface area contributed by atoms with Crippen LogP contribution in [0.1, 0.15) is 24.8 Å². The summed E-state index contributed by atoms with van der Waals surface area (Å²) in [4.78, 5) is 0. The number of hydrogen-bond donors (Lipinski definition) is 1. The van der Waals surface area contributed by atoms with Crippen molar-refractivity contribution in [3.05, 3.63) is 34.6 Å². The van der Waals surface area contributed by atoms with Crippen LogP contribution in [0.15, 0.2) is 18.2 Å². The van der Waals surface area contributed by atoms with Gasteiger partial charge in [0.05, 0.1) is 5.02 Å². The SMILES string of the molecule is CNCC1CCCC1Cc1cccc(Cl)c1F. The zero-order valence-corrected chi connectivity index (χ0v) is 10.9. The van der Waals surface area contributed by atoms with E-state index in [-0.39, 0.29) is 10.8 Å². The minimum atomic E-state index is -0.232. The van der Waals surface area contributed by atoms with E-state index >= 15 is 0 Å². The van der Waals surface area contributed by atoms with Crippen LogP contribution in [0.2, 0.25) is 5.02 Å². The molecule has 2 atom stereocenters. The Morgan fingerprint density at radius 2 is 2.12 bits per heavy atom. The van der Waals surface area contributed by atoms with Crippen molar-refractivity contribution in [3.63, 3.8) is 0 Å². The van der Waals surface area contributed by atoms with Crippen molar-refractivity contribution < 1.29 is 4.39 Å². The van der Waals surface area contributed by atoms with Crippen LogP contribution in [0.5, 0.6) is 0 Å². The van der Waals surface area contributed by atoms with Crippen molar-refractivity contribution in [3.8, 4) is 0 Å². The summed E-state index contributed by atoms with van der Waals surface area (Å²) in [6.07, 6.45) is 4.55. The first-order valence-corrected chi connectivity index (χ1v) is 6.67. The number of nitrogens with one attached hydrogen (secondary N) is 1. The summed E-state index contributed by atoms with van der Waals surface area (Å²) in [6.45, 7) is 1.03. The Bertz CT molecular complexity index is 380. The van der Waals surface area contributed by atoms with Gasteiger partial charge in [-0.15, -0.1) is 0 Å². The molecule has 0 saturated heterocycles. The highest BCUT2D eigenvalue weighted by Crippen LogP contribution is 2.34. The van der Waals surface area contributed by atoms with E-state index in [2.05, 4.69) is 5.32 Å². The molecule has 17 heavy (non-hydrogen) atoms. The Balaban J connectivity index is 2.07. The second-order valence-corrected chi connectivity index (χ2v) is 5.33. The van der Waals surface area contributed by atoms with Crippen molar-refractivity contribution in [2.24, 2.45) is 11.8 Å². The topological polar surface area (TPSA) is 12.0 Å². The molecule has 0 heterocycles. The molecular weight excluding hydrogens is 237 g/mol. The molecule has 1 aromatic carbocycles. The summed E-state index contributed by atoms with van der Waals surface area (Å²) in [5.41, 5.74) is 0.769. The zero-order chi connectivity index (χ0) is 12.3. The monoisotopic (exact) mass is 255 g/mol. The molecule has 1 nitrogen and oxygen atoms in total. The summed E-state index contributed by atoms with van der Waals surface area (Å²) >= 11 is 5.81. The van der Waals surface area contributed by atoms with Crippen LogP contribution in [-0.2, 0) is 6.42 Å². The summed E-state index contributed by atoms with van der Waals surface area (Å²) in [7, 11) is 1.98. The summed E-state index contributed by atoms with van der Waals surface area (Å²) < 4.78 is 13.8. The fourth-order valence-corrected chi connectivity index (χ4v) is 3.10. The molecule has 1 N–H and O–H groups in total. The molecule has 2 unspecified atom stereocenters. The van der Waals surface area contributed by atoms with Gasteiger partial charge in [0, 0.05) is 0 Å². The molecule has 0 aromatic heterocycles. The quantitative estimate of drug-likeness (QED) is 0.866. The lowest BCUT2D eigenvalue weighted by Crippen LogP contribution is -2.23. The molecule has 0 aliphatic heterocycles. The number of rotatable bonds is 4. The van der Waals surface area contributed by atoms with E-state index < -0.39 is 0 Å². The van der Waals surface area contributed by atoms with E-state index in [1.54, 1.807) is 6.07 Å². The molecule has 0 bridgehead atoms. The van der Waals surface area contributed by atoms with E-state index in [0.29, 0.717) is 11.8 Å². The third-order valence-electron chi connectivity index (χ3n) is 3.80. The standard InChI is InChI=1S/C14H19ClFN/c1-17-9-12-6-2-4-10(12)8-11-5-3-7-13(15)14(11)16/h3,5,7,10,12,17H,2,4,6,8-9H2,1H3. The van der Waals surface area contributed by atoms with Crippen molar-refractivity contribution in [2.45, 2.75) is 25.7 Å². The average molecular weight is 256 g/mol. The van der Waals surface area contributed by atoms with Crippen LogP contribution >= 0.6 is 11.6 Å². The summed E-state index contributed by atoms with van der Waals surface area (Å²) in [5.74, 6) is 1.04. The Hall–Kier alpha value is -0.600. The van der Waals surface area contributed by atoms with Crippen LogP contribution < -0.4 is 5.32 Å². The fraction of sp³-hybridized carbons (Fsp3) is 0.571. The molecule has 0 spiro atoms. The molecule has 1 aromatic rings. The lowest BCUT2D eigenvalue weighted by atomic mass is 9.89. The predicted octanol–water partition coefficient (Wildman–Crippen LogP) is 3.66. The van der Waals surface area contributed by atoms with Gasteiger partial charge in [0.25, 0.3) is 0 Å². The van der Waals surface area contributed by atoms with E-state index in [1.807, 2.05) is 19.2 Å². The van der Waals surface area contributed by atoms with Gasteiger partial charge in [-0.3, -0.25) is 0 Å². The van der Waals surface area contributed by atoms with Gasteiger partial charge in [0.2, 0.25) is 0 Å². The molecule has 1 aliphatic carbocycles. The number of hydrogen-bond acceptors (Lipinski definition) is 1. The highest BCUT2D eigenvalue weighted by Gasteiger charge is 2.27. The zero-order valence-electron chi connectivity index (χ0n) is 10.2. The van der Waals surface area contributed by atoms with Gasteiger partial charge in [0.1, 0.15) is 5.82 Å². The Labute approximate surface area is 107 Å². The van der Waals surface area contributed by atoms with E-state index in [1.165, 1.54) is 19.3 Å². The Morgan fingerprint density at radius 1 is 1.35 bits per heavy atom. The third kappa shape index (κ3) is 2.99. The molecule has 1 fully saturated rings. The fourth-order valence-electron chi connectivity index (χ4n) is 2.90. The molecule has 3 heteroatoms. The molecule has 1 saturated carbocycles. The second-order valence-electron chi connectivity index (χ2n) is 4.93. The Kier molecular flexibility index (Phi) is 4.41. The van der Waals surface area contributed by atoms with Gasteiger partial charge < -0.3 is 5.32 Å². The maximum Gasteiger partial charge on any atom is 0.144 e. The minimum Gasteiger partial charge on any atom is -0.319 e. The molecule has 94 valence electrons. The average Bonchev–Trinajstić information content (AvgIpc) is 2.73. The van der Waals surface area contributed by atoms with Gasteiger partial charge in [-0.2, -0.15) is 0 Å². The largest absolute Gasteiger partial charge is 0.319 e. The van der Waals surface area contributed by atoms with Crippen LogP contribution in [0.4, 0.5) is 4.39 Å². The maximum absolute atomic E-state index is 13.8. The molecule has 0 radical (unpaired) electrons. The van der Waals surface area contributed by atoms with Crippen molar-refractivity contribution in [1.29, 1.82) is 0 Å². The smallest absolute Gasteiger partial charge is 0.144 e. The van der Waals surface area contributed by atoms with Crippen molar-refractivity contribution in [2.75, 3.05) is 13.6 Å². The summed E-state index contributed by atoms with van der Waals surface area (Å²) in [5, 5.41) is 3.47. The maximum atomic E-state index is 13.8. The minimum absolute atomic E-state index is 0.232. The van der Waals surface area contributed by atoms with E-state index in [4.69, 9.17) is 11.6 Å². The lowest BCUT2D eigenvalue weighted by Gasteiger charge is -2.19. The molecule has 2 rings (SSSR count). The second kappa shape index (κ2) is 5.83. The third-order valence-corrected chi connectivity index (χ3v) is 4.09. The molecule has 1 aliphatic rings. The van der Waals surface area contributed by atoms with Gasteiger partial charge in [0.15, 0.2) is 0 Å². The van der Waals surface area contributed by atoms with Crippen LogP contribution in [0, 0.1) is 17.7 Å². The molecule has 0 amide bonds. The summed E-state index contributed by atoms with van der Waals surface area (Å²) in [6, 6.07) is 5.30. The first-order chi connectivity index (χ1) is 8.22.